The van der Waals surface area contributed by atoms with Crippen LogP contribution in [0.4, 0.5) is 5.69 Å². The first-order valence-corrected chi connectivity index (χ1v) is 11.5. The Hall–Kier alpha value is -2.27. The van der Waals surface area contributed by atoms with Crippen molar-refractivity contribution in [3.05, 3.63) is 70.0 Å². The molecule has 2 N–H and O–H groups in total. The molecule has 0 atom stereocenters. The third-order valence-electron chi connectivity index (χ3n) is 5.68. The summed E-state index contributed by atoms with van der Waals surface area (Å²) >= 11 is 0. The van der Waals surface area contributed by atoms with Gasteiger partial charge in [0.2, 0.25) is 0 Å². The van der Waals surface area contributed by atoms with Crippen LogP contribution < -0.4 is 10.6 Å². The number of guanidine groups is 1. The molecule has 8 nitrogen and oxygen atoms in total. The van der Waals surface area contributed by atoms with Gasteiger partial charge in [-0.3, -0.25) is 25.0 Å². The van der Waals surface area contributed by atoms with Crippen LogP contribution in [0.2, 0.25) is 0 Å². The standard InChI is InChI=1S/C24H34N6O2.HI/c1-2-25-24(27-16-5-3-7-20-9-11-23(12-10-20)30(31)32)28-21-13-17-29(18-14-21)19-22-8-4-6-15-26-22;/h4,6,8-12,15,21H,2-3,5,7,13-14,16-19H2,1H3,(H2,25,27,28);1H. The van der Waals surface area contributed by atoms with E-state index in [9.17, 15) is 10.1 Å². The SMILES string of the molecule is CCNC(=NCCCCc1ccc([N+](=O)[O-])cc1)NC1CCN(Cc2ccccn2)CC1.I. The van der Waals surface area contributed by atoms with Crippen LogP contribution in [0.25, 0.3) is 0 Å². The summed E-state index contributed by atoms with van der Waals surface area (Å²) in [5, 5.41) is 17.7. The molecule has 180 valence electrons. The highest BCUT2D eigenvalue weighted by Gasteiger charge is 2.20. The van der Waals surface area contributed by atoms with Crippen LogP contribution in [0.5, 0.6) is 0 Å². The number of piperidine rings is 1. The molecule has 1 aromatic heterocycles. The van der Waals surface area contributed by atoms with E-state index in [-0.39, 0.29) is 34.6 Å². The number of aliphatic imine (C=N–C) groups is 1. The number of aromatic nitrogens is 1. The molecule has 1 saturated heterocycles. The quantitative estimate of drug-likeness (QED) is 0.112. The number of nitro groups is 1. The Morgan fingerprint density at radius 1 is 1.18 bits per heavy atom. The first-order chi connectivity index (χ1) is 15.6. The number of aryl methyl sites for hydroxylation is 1. The van der Waals surface area contributed by atoms with Gasteiger partial charge in [-0.2, -0.15) is 0 Å². The monoisotopic (exact) mass is 566 g/mol. The van der Waals surface area contributed by atoms with Gasteiger partial charge in [-0.25, -0.2) is 0 Å². The molecule has 9 heteroatoms. The highest BCUT2D eigenvalue weighted by atomic mass is 127. The second kappa shape index (κ2) is 14.8. The maximum absolute atomic E-state index is 10.7. The van der Waals surface area contributed by atoms with Gasteiger partial charge in [0.25, 0.3) is 5.69 Å². The van der Waals surface area contributed by atoms with Crippen molar-refractivity contribution in [1.29, 1.82) is 0 Å². The van der Waals surface area contributed by atoms with Gasteiger partial charge < -0.3 is 10.6 Å². The third kappa shape index (κ3) is 9.63. The second-order valence-electron chi connectivity index (χ2n) is 8.16. The predicted molar refractivity (Wildman–Crippen MR) is 143 cm³/mol. The van der Waals surface area contributed by atoms with Crippen LogP contribution in [-0.2, 0) is 13.0 Å². The summed E-state index contributed by atoms with van der Waals surface area (Å²) in [7, 11) is 0. The van der Waals surface area contributed by atoms with E-state index in [1.807, 2.05) is 30.5 Å². The van der Waals surface area contributed by atoms with Gasteiger partial charge in [-0.1, -0.05) is 18.2 Å². The smallest absolute Gasteiger partial charge is 0.269 e. The minimum atomic E-state index is -0.363. The molecule has 1 fully saturated rings. The number of nitrogens with one attached hydrogen (secondary N) is 2. The van der Waals surface area contributed by atoms with Crippen molar-refractivity contribution >= 4 is 35.6 Å². The zero-order valence-electron chi connectivity index (χ0n) is 19.3. The van der Waals surface area contributed by atoms with E-state index in [0.29, 0.717) is 6.04 Å². The first kappa shape index (κ1) is 27.0. The minimum Gasteiger partial charge on any atom is -0.357 e. The zero-order valence-corrected chi connectivity index (χ0v) is 21.6. The fourth-order valence-electron chi connectivity index (χ4n) is 3.89. The van der Waals surface area contributed by atoms with E-state index in [1.165, 1.54) is 0 Å². The molecule has 0 spiro atoms. The number of nitrogens with zero attached hydrogens (tertiary/aromatic N) is 4. The van der Waals surface area contributed by atoms with Crippen molar-refractivity contribution in [1.82, 2.24) is 20.5 Å². The molecular weight excluding hydrogens is 531 g/mol. The summed E-state index contributed by atoms with van der Waals surface area (Å²) in [5.41, 5.74) is 2.40. The summed E-state index contributed by atoms with van der Waals surface area (Å²) in [4.78, 5) is 22.0. The Balaban J connectivity index is 0.00000385. The molecular formula is C24H35IN6O2. The number of unbranched alkanes of at least 4 members (excludes halogenated alkanes) is 1. The fourth-order valence-corrected chi connectivity index (χ4v) is 3.89. The van der Waals surface area contributed by atoms with Crippen molar-refractivity contribution < 1.29 is 4.92 Å². The van der Waals surface area contributed by atoms with E-state index in [4.69, 9.17) is 4.99 Å². The van der Waals surface area contributed by atoms with Crippen molar-refractivity contribution in [2.24, 2.45) is 4.99 Å². The van der Waals surface area contributed by atoms with Gasteiger partial charge in [0.05, 0.1) is 10.6 Å². The Labute approximate surface area is 213 Å². The van der Waals surface area contributed by atoms with Crippen molar-refractivity contribution in [2.75, 3.05) is 26.2 Å². The summed E-state index contributed by atoms with van der Waals surface area (Å²) in [6, 6.07) is 13.3. The average Bonchev–Trinajstić information content (AvgIpc) is 2.81. The molecule has 0 unspecified atom stereocenters. The van der Waals surface area contributed by atoms with Crippen molar-refractivity contribution in [3.8, 4) is 0 Å². The maximum Gasteiger partial charge on any atom is 0.269 e. The maximum atomic E-state index is 10.7. The van der Waals surface area contributed by atoms with E-state index in [0.717, 1.165) is 82.0 Å². The summed E-state index contributed by atoms with van der Waals surface area (Å²) in [6.07, 6.45) is 6.94. The highest BCUT2D eigenvalue weighted by Crippen LogP contribution is 2.14. The molecule has 1 aliphatic heterocycles. The predicted octanol–water partition coefficient (Wildman–Crippen LogP) is 4.15. The molecule has 0 aliphatic carbocycles. The Morgan fingerprint density at radius 2 is 1.94 bits per heavy atom. The summed E-state index contributed by atoms with van der Waals surface area (Å²) in [5.74, 6) is 0.894. The van der Waals surface area contributed by atoms with E-state index in [1.54, 1.807) is 12.1 Å². The molecule has 2 aromatic rings. The molecule has 0 radical (unpaired) electrons. The van der Waals surface area contributed by atoms with E-state index >= 15 is 0 Å². The topological polar surface area (TPSA) is 95.7 Å². The fraction of sp³-hybridized carbons (Fsp3) is 0.500. The van der Waals surface area contributed by atoms with Crippen LogP contribution in [0.15, 0.2) is 53.7 Å². The van der Waals surface area contributed by atoms with Gasteiger partial charge in [-0.15, -0.1) is 24.0 Å². The van der Waals surface area contributed by atoms with E-state index in [2.05, 4.69) is 33.5 Å². The third-order valence-corrected chi connectivity index (χ3v) is 5.68. The van der Waals surface area contributed by atoms with Gasteiger partial charge in [0, 0.05) is 57.1 Å². The van der Waals surface area contributed by atoms with Crippen molar-refractivity contribution in [3.63, 3.8) is 0 Å². The molecule has 1 aliphatic rings. The number of nitro benzene ring substituents is 1. The lowest BCUT2D eigenvalue weighted by molar-refractivity contribution is -0.384. The van der Waals surface area contributed by atoms with Crippen LogP contribution in [0.1, 0.15) is 43.9 Å². The van der Waals surface area contributed by atoms with Crippen LogP contribution in [0, 0.1) is 10.1 Å². The highest BCUT2D eigenvalue weighted by molar-refractivity contribution is 14.0. The number of halogens is 1. The molecule has 3 rings (SSSR count). The lowest BCUT2D eigenvalue weighted by Crippen LogP contribution is -2.48. The zero-order chi connectivity index (χ0) is 22.6. The van der Waals surface area contributed by atoms with Crippen LogP contribution in [0.3, 0.4) is 0 Å². The molecule has 0 saturated carbocycles. The number of pyridine rings is 1. The van der Waals surface area contributed by atoms with Gasteiger partial charge in [0.15, 0.2) is 5.96 Å². The largest absolute Gasteiger partial charge is 0.357 e. The number of non-ortho nitro benzene ring substituents is 1. The Bertz CT molecular complexity index is 855. The minimum absolute atomic E-state index is 0. The number of rotatable bonds is 10. The van der Waals surface area contributed by atoms with Crippen molar-refractivity contribution in [2.45, 2.75) is 51.6 Å². The second-order valence-corrected chi connectivity index (χ2v) is 8.16. The normalized spacial score (nSPS) is 15.0. The Morgan fingerprint density at radius 3 is 2.58 bits per heavy atom. The summed E-state index contributed by atoms with van der Waals surface area (Å²) in [6.45, 7) is 6.72. The van der Waals surface area contributed by atoms with Gasteiger partial charge in [-0.05, 0) is 56.7 Å². The van der Waals surface area contributed by atoms with Gasteiger partial charge >= 0.3 is 0 Å². The Kier molecular flexibility index (Phi) is 12.1. The lowest BCUT2D eigenvalue weighted by Gasteiger charge is -2.32. The van der Waals surface area contributed by atoms with Crippen LogP contribution in [-0.4, -0.2) is 53.0 Å². The van der Waals surface area contributed by atoms with Gasteiger partial charge in [0.1, 0.15) is 0 Å². The number of hydrogen-bond donors (Lipinski definition) is 2. The molecule has 0 amide bonds. The first-order valence-electron chi connectivity index (χ1n) is 11.5. The van der Waals surface area contributed by atoms with Crippen LogP contribution >= 0.6 is 24.0 Å². The summed E-state index contributed by atoms with van der Waals surface area (Å²) < 4.78 is 0. The number of likely N-dealkylation sites (tertiary alicyclic amines) is 1. The molecule has 2 heterocycles. The van der Waals surface area contributed by atoms with E-state index < -0.39 is 0 Å². The number of hydrogen-bond acceptors (Lipinski definition) is 5. The average molecular weight is 566 g/mol. The molecule has 33 heavy (non-hydrogen) atoms. The molecule has 1 aromatic carbocycles. The molecule has 0 bridgehead atoms. The lowest BCUT2D eigenvalue weighted by atomic mass is 10.0. The number of benzene rings is 1.